The Kier molecular flexibility index (Phi) is 7.02. The minimum atomic E-state index is -0.110. The van der Waals surface area contributed by atoms with E-state index in [0.717, 1.165) is 41.2 Å². The first-order chi connectivity index (χ1) is 17.8. The van der Waals surface area contributed by atoms with Gasteiger partial charge >= 0.3 is 0 Å². The van der Waals surface area contributed by atoms with Crippen molar-refractivity contribution in [2.75, 3.05) is 16.3 Å². The van der Waals surface area contributed by atoms with Crippen LogP contribution in [0.25, 0.3) is 11.6 Å². The molecule has 2 aliphatic rings. The van der Waals surface area contributed by atoms with E-state index in [0.29, 0.717) is 15.1 Å². The standard InChI is InChI=1S/C31H30ClN3OS/c1-5-16-34-27-19-26(32)22(17-25(27)21(2)20-31(34,3)4)18-28-29(36)35(24-14-10-7-11-15-24)30(37-28)33-23-12-8-6-9-13-23/h6-15,17-20H,5,16H2,1-4H3/b28-18+,33-30?. The van der Waals surface area contributed by atoms with Crippen molar-refractivity contribution in [2.45, 2.75) is 39.7 Å². The van der Waals surface area contributed by atoms with Crippen LogP contribution in [0, 0.1) is 0 Å². The van der Waals surface area contributed by atoms with Gasteiger partial charge in [0.25, 0.3) is 5.91 Å². The van der Waals surface area contributed by atoms with Crippen molar-refractivity contribution in [3.8, 4) is 0 Å². The summed E-state index contributed by atoms with van der Waals surface area (Å²) in [7, 11) is 0. The Bertz CT molecular complexity index is 1430. The van der Waals surface area contributed by atoms with E-state index in [1.807, 2.05) is 66.7 Å². The fourth-order valence-electron chi connectivity index (χ4n) is 4.97. The average Bonchev–Trinajstić information content (AvgIpc) is 3.17. The van der Waals surface area contributed by atoms with Gasteiger partial charge in [0.1, 0.15) is 0 Å². The highest BCUT2D eigenvalue weighted by Gasteiger charge is 2.35. The first-order valence-electron chi connectivity index (χ1n) is 12.5. The molecule has 5 rings (SSSR count). The molecule has 3 aromatic rings. The maximum Gasteiger partial charge on any atom is 0.271 e. The van der Waals surface area contributed by atoms with E-state index in [1.165, 1.54) is 17.3 Å². The quantitative estimate of drug-likeness (QED) is 0.312. The van der Waals surface area contributed by atoms with E-state index >= 15 is 0 Å². The van der Waals surface area contributed by atoms with Crippen LogP contribution in [0.3, 0.4) is 0 Å². The van der Waals surface area contributed by atoms with Crippen molar-refractivity contribution in [3.63, 3.8) is 0 Å². The first kappa shape index (κ1) is 25.4. The van der Waals surface area contributed by atoms with E-state index in [2.05, 4.69) is 50.8 Å². The molecular formula is C31H30ClN3OS. The van der Waals surface area contributed by atoms with E-state index in [9.17, 15) is 4.79 Å². The molecule has 1 saturated heterocycles. The van der Waals surface area contributed by atoms with Gasteiger partial charge in [-0.25, -0.2) is 4.99 Å². The largest absolute Gasteiger partial charge is 0.362 e. The van der Waals surface area contributed by atoms with Gasteiger partial charge in [-0.3, -0.25) is 9.69 Å². The zero-order chi connectivity index (χ0) is 26.2. The molecule has 0 spiro atoms. The Hall–Kier alpha value is -3.28. The molecular weight excluding hydrogens is 498 g/mol. The number of halogens is 1. The lowest BCUT2D eigenvalue weighted by molar-refractivity contribution is -0.113. The van der Waals surface area contributed by atoms with Crippen LogP contribution in [0.15, 0.2) is 88.8 Å². The van der Waals surface area contributed by atoms with Crippen LogP contribution in [0.1, 0.15) is 45.2 Å². The smallest absolute Gasteiger partial charge is 0.271 e. The van der Waals surface area contributed by atoms with E-state index in [4.69, 9.17) is 16.6 Å². The van der Waals surface area contributed by atoms with E-state index in [-0.39, 0.29) is 11.4 Å². The lowest BCUT2D eigenvalue weighted by atomic mass is 9.87. The molecule has 1 amide bonds. The number of carbonyl (C=O) groups is 1. The summed E-state index contributed by atoms with van der Waals surface area (Å²) in [5.74, 6) is -0.110. The second-order valence-corrected chi connectivity index (χ2v) is 11.3. The molecule has 4 nitrogen and oxygen atoms in total. The van der Waals surface area contributed by atoms with Gasteiger partial charge in [-0.15, -0.1) is 0 Å². The molecule has 0 unspecified atom stereocenters. The highest BCUT2D eigenvalue weighted by atomic mass is 35.5. The molecule has 0 aromatic heterocycles. The molecule has 0 bridgehead atoms. The van der Waals surface area contributed by atoms with Gasteiger partial charge in [-0.2, -0.15) is 0 Å². The number of carbonyl (C=O) groups excluding carboxylic acids is 1. The number of hydrogen-bond acceptors (Lipinski definition) is 4. The van der Waals surface area contributed by atoms with E-state index < -0.39 is 0 Å². The van der Waals surface area contributed by atoms with Crippen LogP contribution in [0.5, 0.6) is 0 Å². The molecule has 0 aliphatic carbocycles. The van der Waals surface area contributed by atoms with Gasteiger partial charge in [-0.05, 0) is 92.6 Å². The molecule has 0 N–H and O–H groups in total. The predicted octanol–water partition coefficient (Wildman–Crippen LogP) is 8.56. The predicted molar refractivity (Wildman–Crippen MR) is 160 cm³/mol. The summed E-state index contributed by atoms with van der Waals surface area (Å²) in [6.07, 6.45) is 5.26. The van der Waals surface area contributed by atoms with Crippen LogP contribution < -0.4 is 9.80 Å². The molecule has 37 heavy (non-hydrogen) atoms. The van der Waals surface area contributed by atoms with Crippen molar-refractivity contribution >= 4 is 63.1 Å². The summed E-state index contributed by atoms with van der Waals surface area (Å²) in [6, 6.07) is 23.5. The minimum Gasteiger partial charge on any atom is -0.362 e. The highest BCUT2D eigenvalue weighted by Crippen LogP contribution is 2.43. The summed E-state index contributed by atoms with van der Waals surface area (Å²) in [5.41, 5.74) is 5.82. The summed E-state index contributed by atoms with van der Waals surface area (Å²) >= 11 is 8.23. The third kappa shape index (κ3) is 4.98. The molecule has 1 fully saturated rings. The fraction of sp³-hybridized carbons (Fsp3) is 0.226. The van der Waals surface area contributed by atoms with Crippen molar-refractivity contribution in [2.24, 2.45) is 4.99 Å². The van der Waals surface area contributed by atoms with Crippen molar-refractivity contribution < 1.29 is 4.79 Å². The second-order valence-electron chi connectivity index (χ2n) is 9.84. The highest BCUT2D eigenvalue weighted by molar-refractivity contribution is 8.19. The third-order valence-corrected chi connectivity index (χ3v) is 7.93. The number of benzene rings is 3. The van der Waals surface area contributed by atoms with Crippen LogP contribution in [0.4, 0.5) is 17.1 Å². The van der Waals surface area contributed by atoms with Gasteiger partial charge in [0.2, 0.25) is 0 Å². The van der Waals surface area contributed by atoms with Crippen molar-refractivity contribution in [3.05, 3.63) is 99.9 Å². The fourth-order valence-corrected chi connectivity index (χ4v) is 6.17. The number of amidine groups is 1. The number of nitrogens with zero attached hydrogens (tertiary/aromatic N) is 3. The molecule has 0 radical (unpaired) electrons. The molecule has 188 valence electrons. The molecule has 2 aliphatic heterocycles. The number of thioether (sulfide) groups is 1. The number of allylic oxidation sites excluding steroid dienone is 1. The topological polar surface area (TPSA) is 35.9 Å². The van der Waals surface area contributed by atoms with Crippen LogP contribution in [-0.4, -0.2) is 23.2 Å². The number of rotatable bonds is 5. The lowest BCUT2D eigenvalue weighted by Crippen LogP contribution is -2.45. The lowest BCUT2D eigenvalue weighted by Gasteiger charge is -2.43. The number of amides is 1. The Morgan fingerprint density at radius 3 is 2.38 bits per heavy atom. The third-order valence-electron chi connectivity index (χ3n) is 6.63. The Balaban J connectivity index is 1.58. The zero-order valence-corrected chi connectivity index (χ0v) is 23.1. The summed E-state index contributed by atoms with van der Waals surface area (Å²) in [4.78, 5) is 23.2. The Morgan fingerprint density at radius 1 is 1.03 bits per heavy atom. The SMILES string of the molecule is CCCN1c2cc(Cl)c(/C=C3/SC(=Nc4ccccc4)N(c4ccccc4)C3=O)cc2C(C)=CC1(C)C. The number of fused-ring (bicyclic) bond motifs is 1. The van der Waals surface area contributed by atoms with E-state index in [1.54, 1.807) is 4.90 Å². The number of aliphatic imine (C=N–C) groups is 1. The van der Waals surface area contributed by atoms with Gasteiger partial charge in [0.15, 0.2) is 5.17 Å². The molecule has 2 heterocycles. The summed E-state index contributed by atoms with van der Waals surface area (Å²) < 4.78 is 0. The Morgan fingerprint density at radius 2 is 1.70 bits per heavy atom. The van der Waals surface area contributed by atoms with Crippen LogP contribution in [-0.2, 0) is 4.79 Å². The maximum atomic E-state index is 13.7. The van der Waals surface area contributed by atoms with Crippen molar-refractivity contribution in [1.29, 1.82) is 0 Å². The normalized spacial score (nSPS) is 18.9. The monoisotopic (exact) mass is 527 g/mol. The molecule has 6 heteroatoms. The molecule has 3 aromatic carbocycles. The number of anilines is 2. The average molecular weight is 528 g/mol. The maximum absolute atomic E-state index is 13.7. The van der Waals surface area contributed by atoms with Crippen LogP contribution >= 0.6 is 23.4 Å². The van der Waals surface area contributed by atoms with Gasteiger partial charge in [-0.1, -0.05) is 61.0 Å². The molecule has 0 atom stereocenters. The van der Waals surface area contributed by atoms with Crippen LogP contribution in [0.2, 0.25) is 5.02 Å². The van der Waals surface area contributed by atoms with Gasteiger partial charge in [0, 0.05) is 22.8 Å². The first-order valence-corrected chi connectivity index (χ1v) is 13.7. The summed E-state index contributed by atoms with van der Waals surface area (Å²) in [5, 5.41) is 1.25. The van der Waals surface area contributed by atoms with Gasteiger partial charge < -0.3 is 4.90 Å². The van der Waals surface area contributed by atoms with Crippen molar-refractivity contribution in [1.82, 2.24) is 0 Å². The molecule has 0 saturated carbocycles. The number of para-hydroxylation sites is 2. The minimum absolute atomic E-state index is 0.0906. The second kappa shape index (κ2) is 10.2. The zero-order valence-electron chi connectivity index (χ0n) is 21.5. The summed E-state index contributed by atoms with van der Waals surface area (Å²) in [6.45, 7) is 9.75. The number of hydrogen-bond donors (Lipinski definition) is 0. The van der Waals surface area contributed by atoms with Gasteiger partial charge in [0.05, 0.1) is 21.8 Å². The Labute approximate surface area is 228 Å².